The molecule has 0 saturated heterocycles. The minimum Gasteiger partial charge on any atom is -0.463 e. The Morgan fingerprint density at radius 3 is 2.62 bits per heavy atom. The lowest BCUT2D eigenvalue weighted by Crippen LogP contribution is -2.13. The van der Waals surface area contributed by atoms with Crippen molar-refractivity contribution in [2.75, 3.05) is 30.3 Å². The molecule has 2 aromatic rings. The van der Waals surface area contributed by atoms with Crippen LogP contribution >= 0.6 is 11.3 Å². The maximum Gasteiger partial charge on any atom is 0.323 e. The van der Waals surface area contributed by atoms with Crippen LogP contribution in [0.15, 0.2) is 10.9 Å². The van der Waals surface area contributed by atoms with Crippen molar-refractivity contribution in [2.24, 2.45) is 0 Å². The predicted molar refractivity (Wildman–Crippen MR) is 84.1 cm³/mol. The average Bonchev–Trinajstić information content (AvgIpc) is 2.99. The number of thiazole rings is 1. The molecule has 0 amide bonds. The van der Waals surface area contributed by atoms with Crippen LogP contribution in [0.2, 0.25) is 0 Å². The quantitative estimate of drug-likeness (QED) is 0.734. The van der Waals surface area contributed by atoms with Crippen LogP contribution in [0.5, 0.6) is 6.01 Å². The van der Waals surface area contributed by atoms with Gasteiger partial charge in [0.15, 0.2) is 0 Å². The first-order chi connectivity index (χ1) is 10.3. The summed E-state index contributed by atoms with van der Waals surface area (Å²) in [4.78, 5) is 17.0. The van der Waals surface area contributed by atoms with Crippen molar-refractivity contribution in [1.29, 1.82) is 0 Å². The molecule has 21 heavy (non-hydrogen) atoms. The fraction of sp³-hybridized carbons (Fsp3) is 0.538. The zero-order valence-electron chi connectivity index (χ0n) is 12.3. The zero-order chi connectivity index (χ0) is 14.9. The molecule has 0 aliphatic rings. The molecule has 0 atom stereocenters. The molecule has 0 aliphatic heterocycles. The maximum atomic E-state index is 5.48. The predicted octanol–water partition coefficient (Wildman–Crippen LogP) is 2.20. The first-order valence-corrected chi connectivity index (χ1v) is 7.99. The van der Waals surface area contributed by atoms with Gasteiger partial charge in [-0.25, -0.2) is 4.98 Å². The molecule has 8 heteroatoms. The Balaban J connectivity index is 1.97. The fourth-order valence-electron chi connectivity index (χ4n) is 1.59. The first kappa shape index (κ1) is 15.4. The van der Waals surface area contributed by atoms with E-state index in [0.29, 0.717) is 31.1 Å². The second-order valence-electron chi connectivity index (χ2n) is 4.30. The van der Waals surface area contributed by atoms with Crippen molar-refractivity contribution < 1.29 is 4.74 Å². The second-order valence-corrected chi connectivity index (χ2v) is 5.02. The van der Waals surface area contributed by atoms with Crippen molar-refractivity contribution >= 4 is 23.2 Å². The zero-order valence-corrected chi connectivity index (χ0v) is 13.1. The van der Waals surface area contributed by atoms with E-state index in [4.69, 9.17) is 4.74 Å². The molecule has 7 nitrogen and oxygen atoms in total. The van der Waals surface area contributed by atoms with Gasteiger partial charge in [0.2, 0.25) is 11.9 Å². The van der Waals surface area contributed by atoms with Crippen LogP contribution < -0.4 is 15.4 Å². The second kappa shape index (κ2) is 8.35. The highest BCUT2D eigenvalue weighted by molar-refractivity contribution is 7.07. The molecule has 2 N–H and O–H groups in total. The number of nitrogens with one attached hydrogen (secondary N) is 2. The summed E-state index contributed by atoms with van der Waals surface area (Å²) in [7, 11) is 0. The van der Waals surface area contributed by atoms with E-state index in [1.54, 1.807) is 11.3 Å². The van der Waals surface area contributed by atoms with Crippen molar-refractivity contribution in [2.45, 2.75) is 26.7 Å². The van der Waals surface area contributed by atoms with Crippen LogP contribution in [0.25, 0.3) is 0 Å². The van der Waals surface area contributed by atoms with Gasteiger partial charge in [-0.2, -0.15) is 15.0 Å². The Kier molecular flexibility index (Phi) is 6.14. The molecule has 0 unspecified atom stereocenters. The van der Waals surface area contributed by atoms with Crippen molar-refractivity contribution in [3.8, 4) is 6.01 Å². The molecular formula is C13H20N6OS. The molecule has 0 aliphatic carbocycles. The van der Waals surface area contributed by atoms with Crippen LogP contribution in [-0.4, -0.2) is 39.6 Å². The van der Waals surface area contributed by atoms with E-state index in [0.717, 1.165) is 25.1 Å². The molecule has 0 radical (unpaired) electrons. The molecule has 0 bridgehead atoms. The largest absolute Gasteiger partial charge is 0.463 e. The highest BCUT2D eigenvalue weighted by atomic mass is 32.1. The van der Waals surface area contributed by atoms with Crippen LogP contribution in [-0.2, 0) is 6.42 Å². The SMILES string of the molecule is CCCOc1nc(NCC)nc(NCCc2cscn2)n1. The lowest BCUT2D eigenvalue weighted by atomic mass is 10.3. The standard InChI is InChI=1S/C13H20N6OS/c1-3-7-20-13-18-11(14-4-2)17-12(19-13)15-6-5-10-8-21-9-16-10/h8-9H,3-7H2,1-2H3,(H2,14,15,17,18,19). The Bertz CT molecular complexity index is 533. The van der Waals surface area contributed by atoms with E-state index < -0.39 is 0 Å². The minimum atomic E-state index is 0.346. The molecule has 2 rings (SSSR count). The summed E-state index contributed by atoms with van der Waals surface area (Å²) >= 11 is 1.60. The lowest BCUT2D eigenvalue weighted by molar-refractivity contribution is 0.292. The summed E-state index contributed by atoms with van der Waals surface area (Å²) in [6.45, 7) is 6.08. The number of hydrogen-bond donors (Lipinski definition) is 2. The number of anilines is 2. The molecule has 2 heterocycles. The van der Waals surface area contributed by atoms with Gasteiger partial charge in [-0.15, -0.1) is 11.3 Å². The third kappa shape index (κ3) is 5.14. The normalized spacial score (nSPS) is 10.4. The monoisotopic (exact) mass is 308 g/mol. The summed E-state index contributed by atoms with van der Waals surface area (Å²) < 4.78 is 5.48. The van der Waals surface area contributed by atoms with E-state index in [2.05, 4.69) is 30.6 Å². The van der Waals surface area contributed by atoms with Crippen LogP contribution in [0.3, 0.4) is 0 Å². The Labute approximate surface area is 128 Å². The Morgan fingerprint density at radius 2 is 1.95 bits per heavy atom. The van der Waals surface area contributed by atoms with Gasteiger partial charge in [0.1, 0.15) is 0 Å². The first-order valence-electron chi connectivity index (χ1n) is 7.05. The van der Waals surface area contributed by atoms with E-state index in [1.807, 2.05) is 24.7 Å². The Hall–Kier alpha value is -1.96. The summed E-state index contributed by atoms with van der Waals surface area (Å²) in [5, 5.41) is 8.29. The van der Waals surface area contributed by atoms with Crippen LogP contribution in [0.4, 0.5) is 11.9 Å². The van der Waals surface area contributed by atoms with E-state index in [9.17, 15) is 0 Å². The van der Waals surface area contributed by atoms with Gasteiger partial charge in [0.25, 0.3) is 0 Å². The smallest absolute Gasteiger partial charge is 0.323 e. The third-order valence-electron chi connectivity index (χ3n) is 2.53. The number of ether oxygens (including phenoxy) is 1. The molecule has 0 aromatic carbocycles. The lowest BCUT2D eigenvalue weighted by Gasteiger charge is -2.09. The number of aromatic nitrogens is 4. The summed E-state index contributed by atoms with van der Waals surface area (Å²) in [6, 6.07) is 0.346. The van der Waals surface area contributed by atoms with Gasteiger partial charge in [-0.1, -0.05) is 6.92 Å². The van der Waals surface area contributed by atoms with E-state index in [-0.39, 0.29) is 0 Å². The molecule has 2 aromatic heterocycles. The van der Waals surface area contributed by atoms with Gasteiger partial charge < -0.3 is 15.4 Å². The molecule has 114 valence electrons. The van der Waals surface area contributed by atoms with Crippen molar-refractivity contribution in [1.82, 2.24) is 19.9 Å². The minimum absolute atomic E-state index is 0.346. The highest BCUT2D eigenvalue weighted by Crippen LogP contribution is 2.11. The van der Waals surface area contributed by atoms with E-state index >= 15 is 0 Å². The highest BCUT2D eigenvalue weighted by Gasteiger charge is 2.07. The molecule has 0 spiro atoms. The molecule has 0 saturated carbocycles. The fourth-order valence-corrected chi connectivity index (χ4v) is 2.19. The van der Waals surface area contributed by atoms with Crippen molar-refractivity contribution in [3.05, 3.63) is 16.6 Å². The van der Waals surface area contributed by atoms with Crippen LogP contribution in [0, 0.1) is 0 Å². The summed E-state index contributed by atoms with van der Waals surface area (Å²) in [5.41, 5.74) is 2.90. The molecule has 0 fully saturated rings. The summed E-state index contributed by atoms with van der Waals surface area (Å²) in [6.07, 6.45) is 1.74. The van der Waals surface area contributed by atoms with Gasteiger partial charge >= 0.3 is 6.01 Å². The van der Waals surface area contributed by atoms with Crippen LogP contribution in [0.1, 0.15) is 26.0 Å². The third-order valence-corrected chi connectivity index (χ3v) is 3.17. The van der Waals surface area contributed by atoms with Gasteiger partial charge in [0.05, 0.1) is 17.8 Å². The summed E-state index contributed by atoms with van der Waals surface area (Å²) in [5.74, 6) is 1.04. The Morgan fingerprint density at radius 1 is 1.14 bits per heavy atom. The van der Waals surface area contributed by atoms with E-state index in [1.165, 1.54) is 0 Å². The van der Waals surface area contributed by atoms with Gasteiger partial charge in [-0.3, -0.25) is 0 Å². The van der Waals surface area contributed by atoms with Crippen molar-refractivity contribution in [3.63, 3.8) is 0 Å². The average molecular weight is 308 g/mol. The van der Waals surface area contributed by atoms with Gasteiger partial charge in [0, 0.05) is 24.9 Å². The maximum absolute atomic E-state index is 5.48. The topological polar surface area (TPSA) is 84.9 Å². The van der Waals surface area contributed by atoms with Gasteiger partial charge in [-0.05, 0) is 13.3 Å². The number of rotatable bonds is 9. The number of nitrogens with zero attached hydrogens (tertiary/aromatic N) is 4. The number of hydrogen-bond acceptors (Lipinski definition) is 8. The molecular weight excluding hydrogens is 288 g/mol.